The molecule has 1 fully saturated rings. The molecule has 0 spiro atoms. The van der Waals surface area contributed by atoms with Gasteiger partial charge in [0.2, 0.25) is 0 Å². The molecule has 5 nitrogen and oxygen atoms in total. The topological polar surface area (TPSA) is 58.4 Å². The van der Waals surface area contributed by atoms with Gasteiger partial charge in [-0.25, -0.2) is 0 Å². The highest BCUT2D eigenvalue weighted by atomic mass is 19.4. The Labute approximate surface area is 149 Å². The molecule has 0 bridgehead atoms. The molecule has 140 valence electrons. The lowest BCUT2D eigenvalue weighted by Gasteiger charge is -2.33. The Kier molecular flexibility index (Phi) is 5.61. The molecule has 2 aromatic heterocycles. The van der Waals surface area contributed by atoms with E-state index in [-0.39, 0.29) is 11.6 Å². The van der Waals surface area contributed by atoms with Gasteiger partial charge in [-0.15, -0.1) is 0 Å². The largest absolute Gasteiger partial charge is 0.468 e. The SMILES string of the molecule is O=C(NCC(c1ccco1)N1CCCCC1)c1ccc(C(F)(F)F)nc1. The number of carbonyl (C=O) groups is 1. The molecule has 1 aliphatic heterocycles. The summed E-state index contributed by atoms with van der Waals surface area (Å²) in [6.45, 7) is 2.15. The van der Waals surface area contributed by atoms with E-state index in [1.165, 1.54) is 6.42 Å². The number of alkyl halides is 3. The fourth-order valence-electron chi connectivity index (χ4n) is 3.11. The summed E-state index contributed by atoms with van der Waals surface area (Å²) in [4.78, 5) is 17.9. The van der Waals surface area contributed by atoms with Crippen molar-refractivity contribution in [2.75, 3.05) is 19.6 Å². The van der Waals surface area contributed by atoms with Crippen LogP contribution in [0.1, 0.15) is 47.1 Å². The van der Waals surface area contributed by atoms with E-state index >= 15 is 0 Å². The van der Waals surface area contributed by atoms with E-state index in [2.05, 4.69) is 15.2 Å². The first-order valence-electron chi connectivity index (χ1n) is 8.54. The van der Waals surface area contributed by atoms with Crippen molar-refractivity contribution in [2.45, 2.75) is 31.5 Å². The monoisotopic (exact) mass is 367 g/mol. The number of hydrogen-bond donors (Lipinski definition) is 1. The maximum absolute atomic E-state index is 12.6. The van der Waals surface area contributed by atoms with Crippen molar-refractivity contribution < 1.29 is 22.4 Å². The first-order chi connectivity index (χ1) is 12.4. The van der Waals surface area contributed by atoms with Gasteiger partial charge in [0.15, 0.2) is 0 Å². The number of amides is 1. The molecule has 0 aromatic carbocycles. The molecule has 0 saturated carbocycles. The van der Waals surface area contributed by atoms with Crippen LogP contribution in [0.15, 0.2) is 41.1 Å². The Hall–Kier alpha value is -2.35. The third-order valence-electron chi connectivity index (χ3n) is 4.48. The molecule has 1 saturated heterocycles. The van der Waals surface area contributed by atoms with Gasteiger partial charge in [0.05, 0.1) is 17.9 Å². The first kappa shape index (κ1) is 18.4. The Morgan fingerprint density at radius 2 is 2.00 bits per heavy atom. The van der Waals surface area contributed by atoms with Crippen LogP contribution in [0, 0.1) is 0 Å². The molecule has 3 heterocycles. The average molecular weight is 367 g/mol. The zero-order chi connectivity index (χ0) is 18.6. The number of pyridine rings is 1. The van der Waals surface area contributed by atoms with Crippen molar-refractivity contribution in [3.63, 3.8) is 0 Å². The maximum Gasteiger partial charge on any atom is 0.433 e. The zero-order valence-electron chi connectivity index (χ0n) is 14.1. The van der Waals surface area contributed by atoms with Gasteiger partial charge in [-0.2, -0.15) is 13.2 Å². The fraction of sp³-hybridized carbons (Fsp3) is 0.444. The van der Waals surface area contributed by atoms with Crippen LogP contribution in [0.25, 0.3) is 0 Å². The van der Waals surface area contributed by atoms with Gasteiger partial charge in [0, 0.05) is 12.7 Å². The van der Waals surface area contributed by atoms with Gasteiger partial charge in [0.1, 0.15) is 11.5 Å². The van der Waals surface area contributed by atoms with Gasteiger partial charge in [0.25, 0.3) is 5.91 Å². The van der Waals surface area contributed by atoms with Crippen molar-refractivity contribution in [1.29, 1.82) is 0 Å². The van der Waals surface area contributed by atoms with Crippen molar-refractivity contribution >= 4 is 5.91 Å². The van der Waals surface area contributed by atoms with Crippen LogP contribution in [0.5, 0.6) is 0 Å². The highest BCUT2D eigenvalue weighted by molar-refractivity contribution is 5.93. The Morgan fingerprint density at radius 3 is 2.58 bits per heavy atom. The van der Waals surface area contributed by atoms with Gasteiger partial charge in [-0.05, 0) is 50.2 Å². The molecule has 3 rings (SSSR count). The summed E-state index contributed by atoms with van der Waals surface area (Å²) in [6, 6.07) is 5.51. The van der Waals surface area contributed by atoms with E-state index in [0.717, 1.165) is 50.0 Å². The summed E-state index contributed by atoms with van der Waals surface area (Å²) in [5.41, 5.74) is -0.925. The normalized spacial score (nSPS) is 17.0. The molecule has 1 N–H and O–H groups in total. The molecule has 1 aliphatic rings. The van der Waals surface area contributed by atoms with Gasteiger partial charge >= 0.3 is 6.18 Å². The van der Waals surface area contributed by atoms with Crippen molar-refractivity contribution in [3.05, 3.63) is 53.7 Å². The Morgan fingerprint density at radius 1 is 1.23 bits per heavy atom. The van der Waals surface area contributed by atoms with Crippen molar-refractivity contribution in [2.24, 2.45) is 0 Å². The number of aromatic nitrogens is 1. The van der Waals surface area contributed by atoms with Crippen molar-refractivity contribution in [1.82, 2.24) is 15.2 Å². The van der Waals surface area contributed by atoms with Crippen LogP contribution in [0.4, 0.5) is 13.2 Å². The molecule has 1 amide bonds. The molecule has 0 aliphatic carbocycles. The highest BCUT2D eigenvalue weighted by Gasteiger charge is 2.32. The lowest BCUT2D eigenvalue weighted by Crippen LogP contribution is -2.40. The van der Waals surface area contributed by atoms with Gasteiger partial charge in [-0.3, -0.25) is 14.7 Å². The molecule has 0 radical (unpaired) electrons. The number of nitrogens with one attached hydrogen (secondary N) is 1. The summed E-state index contributed by atoms with van der Waals surface area (Å²) in [6.07, 6.45) is 1.38. The minimum Gasteiger partial charge on any atom is -0.468 e. The Balaban J connectivity index is 1.65. The Bertz CT molecular complexity index is 708. The lowest BCUT2D eigenvalue weighted by atomic mass is 10.1. The summed E-state index contributed by atoms with van der Waals surface area (Å²) in [5, 5.41) is 2.78. The van der Waals surface area contributed by atoms with Gasteiger partial charge in [-0.1, -0.05) is 6.42 Å². The second-order valence-electron chi connectivity index (χ2n) is 6.27. The zero-order valence-corrected chi connectivity index (χ0v) is 14.1. The molecular formula is C18H20F3N3O2. The quantitative estimate of drug-likeness (QED) is 0.876. The molecule has 2 aromatic rings. The molecule has 1 atom stereocenters. The predicted molar refractivity (Wildman–Crippen MR) is 88.4 cm³/mol. The van der Waals surface area contributed by atoms with Crippen LogP contribution in [0.2, 0.25) is 0 Å². The predicted octanol–water partition coefficient (Wildman–Crippen LogP) is 3.65. The number of hydrogen-bond acceptors (Lipinski definition) is 4. The van der Waals surface area contributed by atoms with Crippen LogP contribution in [-0.2, 0) is 6.18 Å². The van der Waals surface area contributed by atoms with E-state index in [9.17, 15) is 18.0 Å². The summed E-state index contributed by atoms with van der Waals surface area (Å²) < 4.78 is 43.2. The number of halogens is 3. The maximum atomic E-state index is 12.6. The molecular weight excluding hydrogens is 347 g/mol. The minimum atomic E-state index is -4.52. The van der Waals surface area contributed by atoms with E-state index in [1.54, 1.807) is 12.3 Å². The standard InChI is InChI=1S/C18H20F3N3O2/c19-18(20,21)16-7-6-13(11-22-16)17(25)23-12-14(15-5-4-10-26-15)24-8-2-1-3-9-24/h4-7,10-11,14H,1-3,8-9,12H2,(H,23,25). The van der Waals surface area contributed by atoms with Crippen LogP contribution in [-0.4, -0.2) is 35.4 Å². The fourth-order valence-corrected chi connectivity index (χ4v) is 3.11. The molecule has 1 unspecified atom stereocenters. The number of carbonyl (C=O) groups excluding carboxylic acids is 1. The van der Waals surface area contributed by atoms with E-state index < -0.39 is 17.8 Å². The second-order valence-corrected chi connectivity index (χ2v) is 6.27. The smallest absolute Gasteiger partial charge is 0.433 e. The molecule has 8 heteroatoms. The summed E-state index contributed by atoms with van der Waals surface area (Å²) in [5.74, 6) is 0.303. The van der Waals surface area contributed by atoms with Crippen LogP contribution < -0.4 is 5.32 Å². The number of rotatable bonds is 5. The summed E-state index contributed by atoms with van der Waals surface area (Å²) >= 11 is 0. The molecule has 26 heavy (non-hydrogen) atoms. The first-order valence-corrected chi connectivity index (χ1v) is 8.54. The highest BCUT2D eigenvalue weighted by Crippen LogP contribution is 2.27. The lowest BCUT2D eigenvalue weighted by molar-refractivity contribution is -0.141. The minimum absolute atomic E-state index is 0.0924. The average Bonchev–Trinajstić information content (AvgIpc) is 3.16. The van der Waals surface area contributed by atoms with Gasteiger partial charge < -0.3 is 9.73 Å². The number of nitrogens with zero attached hydrogens (tertiary/aromatic N) is 2. The van der Waals surface area contributed by atoms with E-state index in [4.69, 9.17) is 4.42 Å². The number of likely N-dealkylation sites (tertiary alicyclic amines) is 1. The van der Waals surface area contributed by atoms with E-state index in [1.807, 2.05) is 6.07 Å². The third kappa shape index (κ3) is 4.43. The van der Waals surface area contributed by atoms with Crippen molar-refractivity contribution in [3.8, 4) is 0 Å². The number of furan rings is 1. The summed E-state index contributed by atoms with van der Waals surface area (Å²) in [7, 11) is 0. The van der Waals surface area contributed by atoms with Crippen LogP contribution >= 0.6 is 0 Å². The third-order valence-corrected chi connectivity index (χ3v) is 4.48. The number of piperidine rings is 1. The van der Waals surface area contributed by atoms with Crippen LogP contribution in [0.3, 0.4) is 0 Å². The second kappa shape index (κ2) is 7.90. The van der Waals surface area contributed by atoms with E-state index in [0.29, 0.717) is 6.54 Å².